The molecule has 3 aromatic heterocycles. The van der Waals surface area contributed by atoms with Crippen molar-refractivity contribution in [1.29, 1.82) is 0 Å². The van der Waals surface area contributed by atoms with Gasteiger partial charge in [-0.15, -0.1) is 0 Å². The summed E-state index contributed by atoms with van der Waals surface area (Å²) in [6, 6.07) is 1.85. The molecule has 10 nitrogen and oxygen atoms in total. The van der Waals surface area contributed by atoms with Gasteiger partial charge in [0, 0.05) is 41.9 Å². The molecule has 12 heteroatoms. The zero-order valence-corrected chi connectivity index (χ0v) is 21.7. The molecule has 200 valence electrons. The first-order valence-corrected chi connectivity index (χ1v) is 12.2. The Labute approximate surface area is 219 Å². The Bertz CT molecular complexity index is 1250. The lowest BCUT2D eigenvalue weighted by atomic mass is 9.95. The molecule has 0 fully saturated rings. The van der Waals surface area contributed by atoms with Crippen LogP contribution < -0.4 is 11.1 Å². The van der Waals surface area contributed by atoms with Crippen molar-refractivity contribution in [1.82, 2.24) is 25.3 Å². The molecule has 0 aromatic carbocycles. The highest BCUT2D eigenvalue weighted by Crippen LogP contribution is 2.27. The molecule has 3 heterocycles. The van der Waals surface area contributed by atoms with E-state index in [0.717, 1.165) is 30.8 Å². The fourth-order valence-electron chi connectivity index (χ4n) is 3.41. The number of aliphatic carboxylic acids is 1. The molecule has 0 aliphatic heterocycles. The van der Waals surface area contributed by atoms with Crippen LogP contribution in [0, 0.1) is 5.82 Å². The summed E-state index contributed by atoms with van der Waals surface area (Å²) in [5, 5.41) is 21.3. The van der Waals surface area contributed by atoms with Crippen molar-refractivity contribution in [2.45, 2.75) is 65.0 Å². The minimum atomic E-state index is -0.846. The van der Waals surface area contributed by atoms with E-state index in [1.54, 1.807) is 18.3 Å². The van der Waals surface area contributed by atoms with Crippen molar-refractivity contribution in [2.75, 3.05) is 5.73 Å². The molecule has 3 aromatic rings. The molecule has 0 spiro atoms. The lowest BCUT2D eigenvalue weighted by molar-refractivity contribution is -0.132. The number of aromatic amines is 1. The maximum Gasteiger partial charge on any atom is 0.331 e. The Kier molecular flexibility index (Phi) is 11.4. The van der Waals surface area contributed by atoms with Gasteiger partial charge in [-0.2, -0.15) is 0 Å². The van der Waals surface area contributed by atoms with Crippen LogP contribution in [0.1, 0.15) is 52.9 Å². The number of carbonyl (C=O) groups excluding carboxylic acids is 1. The Morgan fingerprint density at radius 2 is 2.00 bits per heavy atom. The third kappa shape index (κ3) is 9.10. The van der Waals surface area contributed by atoms with Gasteiger partial charge in [0.2, 0.25) is 5.91 Å². The number of hydrogen-bond acceptors (Lipinski definition) is 7. The number of aromatic nitrogens is 4. The number of carboxylic acids is 1. The first-order valence-electron chi connectivity index (χ1n) is 11.8. The number of rotatable bonds is 5. The van der Waals surface area contributed by atoms with Crippen LogP contribution in [-0.4, -0.2) is 54.2 Å². The highest BCUT2D eigenvalue weighted by Gasteiger charge is 2.18. The van der Waals surface area contributed by atoms with Crippen LogP contribution in [0.5, 0.6) is 0 Å². The second-order valence-corrected chi connectivity index (χ2v) is 8.79. The van der Waals surface area contributed by atoms with Gasteiger partial charge >= 0.3 is 5.97 Å². The number of nitrogens with zero attached hydrogens (tertiary/aromatic N) is 3. The smallest absolute Gasteiger partial charge is 0.331 e. The summed E-state index contributed by atoms with van der Waals surface area (Å²) in [5.41, 5.74) is 7.21. The molecule has 0 bridgehead atoms. The van der Waals surface area contributed by atoms with E-state index < -0.39 is 11.8 Å². The number of aliphatic hydroxyl groups is 1. The number of carboxylic acid groups (broad SMARTS) is 1. The SMILES string of the molecule is CC(=O)N[C@@H]1CC=C(C(=O)O)CC1.CCC(O)CC.Nc1nc(-c2c[nH]c3ncc(Cl)cc23)ncc1F. The van der Waals surface area contributed by atoms with Crippen molar-refractivity contribution in [3.63, 3.8) is 0 Å². The van der Waals surface area contributed by atoms with Crippen molar-refractivity contribution in [3.05, 3.63) is 47.1 Å². The second kappa shape index (κ2) is 14.2. The quantitative estimate of drug-likeness (QED) is 0.324. The van der Waals surface area contributed by atoms with Crippen LogP contribution in [0.3, 0.4) is 0 Å². The lowest BCUT2D eigenvalue weighted by Crippen LogP contribution is -2.34. The van der Waals surface area contributed by atoms with E-state index >= 15 is 0 Å². The second-order valence-electron chi connectivity index (χ2n) is 8.36. The number of nitrogen functional groups attached to an aromatic ring is 1. The summed E-state index contributed by atoms with van der Waals surface area (Å²) < 4.78 is 13.0. The first kappa shape index (κ1) is 29.7. The van der Waals surface area contributed by atoms with Crippen molar-refractivity contribution in [3.8, 4) is 11.4 Å². The van der Waals surface area contributed by atoms with Gasteiger partial charge < -0.3 is 26.2 Å². The standard InChI is InChI=1S/C11H7ClFN5.C9H13NO3.C5H12O/c12-5-1-6-7(3-16-10(6)15-2-5)11-17-4-8(13)9(14)18-11;1-6(11)10-8-4-2-7(3-5-8)9(12)13;1-3-5(6)4-2/h1-4H,(H,15,16)(H2,14,17,18);2,8H,3-5H2,1H3,(H,10,11)(H,12,13);5-6H,3-4H2,1-2H3/t;8-;/m.1./s1. The fraction of sp³-hybridized carbons (Fsp3) is 0.400. The van der Waals surface area contributed by atoms with Gasteiger partial charge in [0.25, 0.3) is 0 Å². The van der Waals surface area contributed by atoms with Crippen LogP contribution in [0.4, 0.5) is 10.2 Å². The molecule has 1 amide bonds. The number of amides is 1. The van der Waals surface area contributed by atoms with Gasteiger partial charge in [0.15, 0.2) is 17.5 Å². The maximum absolute atomic E-state index is 13.0. The Morgan fingerprint density at radius 3 is 2.51 bits per heavy atom. The summed E-state index contributed by atoms with van der Waals surface area (Å²) in [5.74, 6) is -1.42. The van der Waals surface area contributed by atoms with E-state index in [4.69, 9.17) is 27.5 Å². The average molecular weight is 535 g/mol. The molecule has 0 unspecified atom stereocenters. The number of aliphatic hydroxyl groups excluding tert-OH is 1. The first-order chi connectivity index (χ1) is 17.5. The van der Waals surface area contributed by atoms with Crippen molar-refractivity contribution >= 4 is 40.3 Å². The molecule has 0 radical (unpaired) electrons. The van der Waals surface area contributed by atoms with E-state index in [2.05, 4.69) is 25.3 Å². The maximum atomic E-state index is 13.0. The Balaban J connectivity index is 0.000000222. The molecule has 37 heavy (non-hydrogen) atoms. The van der Waals surface area contributed by atoms with Crippen LogP contribution in [0.25, 0.3) is 22.4 Å². The van der Waals surface area contributed by atoms with Gasteiger partial charge in [-0.05, 0) is 38.2 Å². The number of anilines is 1. The van der Waals surface area contributed by atoms with E-state index in [0.29, 0.717) is 40.5 Å². The summed E-state index contributed by atoms with van der Waals surface area (Å²) in [4.78, 5) is 36.1. The predicted molar refractivity (Wildman–Crippen MR) is 140 cm³/mol. The largest absolute Gasteiger partial charge is 0.478 e. The van der Waals surface area contributed by atoms with Crippen LogP contribution in [0.2, 0.25) is 5.02 Å². The number of hydrogen-bond donors (Lipinski definition) is 5. The number of nitrogens with two attached hydrogens (primary N) is 1. The topological polar surface area (TPSA) is 167 Å². The van der Waals surface area contributed by atoms with E-state index in [-0.39, 0.29) is 23.9 Å². The van der Waals surface area contributed by atoms with Gasteiger partial charge in [-0.25, -0.2) is 24.1 Å². The molecule has 0 saturated heterocycles. The summed E-state index contributed by atoms with van der Waals surface area (Å²) in [6.45, 7) is 5.43. The third-order valence-corrected chi connectivity index (χ3v) is 5.75. The zero-order chi connectivity index (χ0) is 27.5. The summed E-state index contributed by atoms with van der Waals surface area (Å²) in [6.07, 6.45) is 9.53. The van der Waals surface area contributed by atoms with E-state index in [1.165, 1.54) is 13.1 Å². The fourth-order valence-corrected chi connectivity index (χ4v) is 3.57. The lowest BCUT2D eigenvalue weighted by Gasteiger charge is -2.20. The number of carbonyl (C=O) groups is 2. The normalized spacial score (nSPS) is 14.7. The van der Waals surface area contributed by atoms with Gasteiger partial charge in [-0.3, -0.25) is 4.79 Å². The molecular formula is C25H32ClFN6O4. The van der Waals surface area contributed by atoms with E-state index in [9.17, 15) is 14.0 Å². The average Bonchev–Trinajstić information content (AvgIpc) is 3.29. The molecule has 6 N–H and O–H groups in total. The number of fused-ring (bicyclic) bond motifs is 1. The van der Waals surface area contributed by atoms with Gasteiger partial charge in [0.05, 0.1) is 17.3 Å². The zero-order valence-electron chi connectivity index (χ0n) is 21.0. The monoisotopic (exact) mass is 534 g/mol. The van der Waals surface area contributed by atoms with Crippen molar-refractivity contribution < 1.29 is 24.2 Å². The summed E-state index contributed by atoms with van der Waals surface area (Å²) in [7, 11) is 0. The predicted octanol–water partition coefficient (Wildman–Crippen LogP) is 4.25. The van der Waals surface area contributed by atoms with Crippen LogP contribution >= 0.6 is 11.6 Å². The number of pyridine rings is 1. The van der Waals surface area contributed by atoms with Crippen LogP contribution in [0.15, 0.2) is 36.3 Å². The van der Waals surface area contributed by atoms with E-state index in [1.807, 2.05) is 13.8 Å². The number of nitrogens with one attached hydrogen (secondary N) is 2. The molecule has 1 atom stereocenters. The molecule has 4 rings (SSSR count). The van der Waals surface area contributed by atoms with Crippen LogP contribution in [-0.2, 0) is 9.59 Å². The Hall–Kier alpha value is -3.57. The third-order valence-electron chi connectivity index (χ3n) is 5.55. The molecule has 1 aliphatic carbocycles. The minimum absolute atomic E-state index is 0.0582. The highest BCUT2D eigenvalue weighted by molar-refractivity contribution is 6.31. The minimum Gasteiger partial charge on any atom is -0.478 e. The Morgan fingerprint density at radius 1 is 1.30 bits per heavy atom. The number of H-pyrrole nitrogens is 1. The van der Waals surface area contributed by atoms with Gasteiger partial charge in [-0.1, -0.05) is 31.5 Å². The molecular weight excluding hydrogens is 503 g/mol. The number of halogens is 2. The molecule has 1 aliphatic rings. The molecule has 0 saturated carbocycles. The van der Waals surface area contributed by atoms with Gasteiger partial charge in [0.1, 0.15) is 5.65 Å². The highest BCUT2D eigenvalue weighted by atomic mass is 35.5. The van der Waals surface area contributed by atoms with Crippen molar-refractivity contribution in [2.24, 2.45) is 0 Å². The summed E-state index contributed by atoms with van der Waals surface area (Å²) >= 11 is 5.89.